The SMILES string of the molecule is Cc1cc(C)nc(NC(=O)N[C@@H](C)c2ccc(-n3cncn3)cc2)c1. The van der Waals surface area contributed by atoms with Crippen LogP contribution in [0.2, 0.25) is 0 Å². The first kappa shape index (κ1) is 16.6. The molecule has 0 aliphatic heterocycles. The van der Waals surface area contributed by atoms with Crippen molar-refractivity contribution < 1.29 is 4.79 Å². The molecule has 2 N–H and O–H groups in total. The number of amides is 2. The number of pyridine rings is 1. The largest absolute Gasteiger partial charge is 0.331 e. The smallest absolute Gasteiger partial charge is 0.320 e. The predicted octanol–water partition coefficient (Wildman–Crippen LogP) is 3.16. The van der Waals surface area contributed by atoms with E-state index in [2.05, 4.69) is 25.7 Å². The molecule has 2 heterocycles. The molecular weight excluding hydrogens is 316 g/mol. The van der Waals surface area contributed by atoms with Crippen molar-refractivity contribution in [2.75, 3.05) is 5.32 Å². The lowest BCUT2D eigenvalue weighted by atomic mass is 10.1. The molecule has 1 atom stereocenters. The average molecular weight is 336 g/mol. The highest BCUT2D eigenvalue weighted by molar-refractivity contribution is 5.88. The van der Waals surface area contributed by atoms with Gasteiger partial charge < -0.3 is 5.32 Å². The van der Waals surface area contributed by atoms with Crippen LogP contribution in [0.1, 0.15) is 29.8 Å². The molecule has 7 heteroatoms. The Morgan fingerprint density at radius 3 is 2.56 bits per heavy atom. The monoisotopic (exact) mass is 336 g/mol. The van der Waals surface area contributed by atoms with Gasteiger partial charge in [0.25, 0.3) is 0 Å². The van der Waals surface area contributed by atoms with Crippen molar-refractivity contribution in [2.45, 2.75) is 26.8 Å². The second-order valence-electron chi connectivity index (χ2n) is 5.92. The Bertz CT molecular complexity index is 838. The minimum absolute atomic E-state index is 0.143. The summed E-state index contributed by atoms with van der Waals surface area (Å²) in [6, 6.07) is 11.2. The number of urea groups is 1. The number of carbonyl (C=O) groups is 1. The lowest BCUT2D eigenvalue weighted by Crippen LogP contribution is -2.31. The first-order valence-corrected chi connectivity index (χ1v) is 7.99. The lowest BCUT2D eigenvalue weighted by Gasteiger charge is -2.15. The zero-order chi connectivity index (χ0) is 17.8. The van der Waals surface area contributed by atoms with E-state index in [-0.39, 0.29) is 12.1 Å². The van der Waals surface area contributed by atoms with Gasteiger partial charge >= 0.3 is 6.03 Å². The van der Waals surface area contributed by atoms with Gasteiger partial charge in [0.05, 0.1) is 11.7 Å². The molecule has 3 rings (SSSR count). The molecule has 0 aliphatic carbocycles. The van der Waals surface area contributed by atoms with Crippen molar-refractivity contribution in [3.63, 3.8) is 0 Å². The van der Waals surface area contributed by atoms with E-state index in [9.17, 15) is 4.79 Å². The molecule has 0 bridgehead atoms. The number of nitrogens with one attached hydrogen (secondary N) is 2. The topological polar surface area (TPSA) is 84.7 Å². The van der Waals surface area contributed by atoms with Crippen LogP contribution in [0.3, 0.4) is 0 Å². The van der Waals surface area contributed by atoms with E-state index < -0.39 is 0 Å². The quantitative estimate of drug-likeness (QED) is 0.766. The number of hydrogen-bond acceptors (Lipinski definition) is 4. The number of rotatable bonds is 4. The summed E-state index contributed by atoms with van der Waals surface area (Å²) in [5.74, 6) is 0.545. The lowest BCUT2D eigenvalue weighted by molar-refractivity contribution is 0.249. The number of nitrogens with zero attached hydrogens (tertiary/aromatic N) is 4. The van der Waals surface area contributed by atoms with Crippen molar-refractivity contribution >= 4 is 11.8 Å². The van der Waals surface area contributed by atoms with Crippen LogP contribution in [0.5, 0.6) is 0 Å². The Labute approximate surface area is 146 Å². The highest BCUT2D eigenvalue weighted by atomic mass is 16.2. The van der Waals surface area contributed by atoms with Gasteiger partial charge in [0.15, 0.2) is 0 Å². The molecule has 128 valence electrons. The van der Waals surface area contributed by atoms with Crippen LogP contribution in [-0.4, -0.2) is 25.8 Å². The van der Waals surface area contributed by atoms with Gasteiger partial charge in [0.1, 0.15) is 18.5 Å². The van der Waals surface area contributed by atoms with E-state index in [1.54, 1.807) is 11.0 Å². The normalized spacial score (nSPS) is 11.8. The fourth-order valence-corrected chi connectivity index (χ4v) is 2.60. The van der Waals surface area contributed by atoms with Gasteiger partial charge in [-0.3, -0.25) is 5.32 Å². The third kappa shape index (κ3) is 4.20. The standard InChI is InChI=1S/C18H20N6O/c1-12-8-13(2)21-17(9-12)23-18(25)22-14(3)15-4-6-16(7-5-15)24-11-19-10-20-24/h4-11,14H,1-3H3,(H2,21,22,23,25)/t14-/m0/s1. The molecular formula is C18H20N6O. The maximum absolute atomic E-state index is 12.2. The number of aryl methyl sites for hydroxylation is 2. The molecule has 2 amide bonds. The van der Waals surface area contributed by atoms with Crippen LogP contribution in [-0.2, 0) is 0 Å². The summed E-state index contributed by atoms with van der Waals surface area (Å²) in [4.78, 5) is 20.4. The molecule has 0 aliphatic rings. The van der Waals surface area contributed by atoms with Crippen molar-refractivity contribution in [1.29, 1.82) is 0 Å². The molecule has 0 saturated carbocycles. The molecule has 25 heavy (non-hydrogen) atoms. The van der Waals surface area contributed by atoms with Gasteiger partial charge in [0, 0.05) is 5.69 Å². The zero-order valence-corrected chi connectivity index (χ0v) is 14.4. The van der Waals surface area contributed by atoms with Crippen LogP contribution < -0.4 is 10.6 Å². The number of carbonyl (C=O) groups excluding carboxylic acids is 1. The minimum atomic E-state index is -0.287. The highest BCUT2D eigenvalue weighted by Crippen LogP contribution is 2.16. The van der Waals surface area contributed by atoms with E-state index in [0.717, 1.165) is 22.5 Å². The summed E-state index contributed by atoms with van der Waals surface area (Å²) in [6.07, 6.45) is 3.13. The minimum Gasteiger partial charge on any atom is -0.331 e. The van der Waals surface area contributed by atoms with Crippen LogP contribution >= 0.6 is 0 Å². The average Bonchev–Trinajstić information content (AvgIpc) is 3.08. The zero-order valence-electron chi connectivity index (χ0n) is 14.4. The molecule has 0 spiro atoms. The van der Waals surface area contributed by atoms with Gasteiger partial charge in [-0.25, -0.2) is 19.4 Å². The second kappa shape index (κ2) is 7.12. The van der Waals surface area contributed by atoms with E-state index in [4.69, 9.17) is 0 Å². The molecule has 0 radical (unpaired) electrons. The van der Waals surface area contributed by atoms with Crippen molar-refractivity contribution in [3.05, 3.63) is 65.9 Å². The summed E-state index contributed by atoms with van der Waals surface area (Å²) < 4.78 is 1.68. The summed E-state index contributed by atoms with van der Waals surface area (Å²) >= 11 is 0. The highest BCUT2D eigenvalue weighted by Gasteiger charge is 2.11. The van der Waals surface area contributed by atoms with Gasteiger partial charge in [-0.2, -0.15) is 5.10 Å². The van der Waals surface area contributed by atoms with Crippen LogP contribution in [0.15, 0.2) is 49.1 Å². The molecule has 0 unspecified atom stereocenters. The van der Waals surface area contributed by atoms with Gasteiger partial charge in [-0.05, 0) is 56.2 Å². The first-order chi connectivity index (χ1) is 12.0. The molecule has 0 fully saturated rings. The van der Waals surface area contributed by atoms with Crippen molar-refractivity contribution in [3.8, 4) is 5.69 Å². The van der Waals surface area contributed by atoms with Crippen LogP contribution in [0, 0.1) is 13.8 Å². The maximum Gasteiger partial charge on any atom is 0.320 e. The number of anilines is 1. The van der Waals surface area contributed by atoms with Crippen molar-refractivity contribution in [2.24, 2.45) is 0 Å². The molecule has 7 nitrogen and oxygen atoms in total. The summed E-state index contributed by atoms with van der Waals surface area (Å²) in [5, 5.41) is 9.78. The third-order valence-corrected chi connectivity index (χ3v) is 3.76. The predicted molar refractivity (Wildman–Crippen MR) is 95.6 cm³/mol. The van der Waals surface area contributed by atoms with E-state index in [0.29, 0.717) is 5.82 Å². The number of aromatic nitrogens is 4. The molecule has 3 aromatic rings. The maximum atomic E-state index is 12.2. The van der Waals surface area contributed by atoms with Gasteiger partial charge in [-0.15, -0.1) is 0 Å². The number of hydrogen-bond donors (Lipinski definition) is 2. The van der Waals surface area contributed by atoms with Gasteiger partial charge in [-0.1, -0.05) is 12.1 Å². The van der Waals surface area contributed by atoms with Crippen LogP contribution in [0.25, 0.3) is 5.69 Å². The number of benzene rings is 1. The molecule has 1 aromatic carbocycles. The first-order valence-electron chi connectivity index (χ1n) is 7.99. The Balaban J connectivity index is 1.63. The van der Waals surface area contributed by atoms with Crippen LogP contribution in [0.4, 0.5) is 10.6 Å². The van der Waals surface area contributed by atoms with E-state index in [1.165, 1.54) is 6.33 Å². The second-order valence-corrected chi connectivity index (χ2v) is 5.92. The summed E-state index contributed by atoms with van der Waals surface area (Å²) in [7, 11) is 0. The Morgan fingerprint density at radius 1 is 1.16 bits per heavy atom. The Kier molecular flexibility index (Phi) is 4.74. The van der Waals surface area contributed by atoms with E-state index in [1.807, 2.05) is 57.2 Å². The molecule has 0 saturated heterocycles. The fraction of sp³-hybridized carbons (Fsp3) is 0.222. The Morgan fingerprint density at radius 2 is 1.92 bits per heavy atom. The summed E-state index contributed by atoms with van der Waals surface area (Å²) in [5.41, 5.74) is 3.83. The fourth-order valence-electron chi connectivity index (χ4n) is 2.60. The summed E-state index contributed by atoms with van der Waals surface area (Å²) in [6.45, 7) is 5.80. The van der Waals surface area contributed by atoms with E-state index >= 15 is 0 Å². The molecule has 2 aromatic heterocycles. The third-order valence-electron chi connectivity index (χ3n) is 3.76. The Hall–Kier alpha value is -3.22. The van der Waals surface area contributed by atoms with Gasteiger partial charge in [0.2, 0.25) is 0 Å². The van der Waals surface area contributed by atoms with Crippen molar-refractivity contribution in [1.82, 2.24) is 25.1 Å².